The number of aromatic nitrogens is 1. The quantitative estimate of drug-likeness (QED) is 0.660. The molecule has 1 aromatic rings. The van der Waals surface area contributed by atoms with Gasteiger partial charge in [0, 0.05) is 18.3 Å². The van der Waals surface area contributed by atoms with Crippen LogP contribution in [0.1, 0.15) is 33.3 Å². The molecule has 1 heterocycles. The maximum Gasteiger partial charge on any atom is 0.311 e. The molecule has 0 radical (unpaired) electrons. The second-order valence-electron chi connectivity index (χ2n) is 6.16. The zero-order chi connectivity index (χ0) is 13.7. The summed E-state index contributed by atoms with van der Waals surface area (Å²) >= 11 is 0. The summed E-state index contributed by atoms with van der Waals surface area (Å²) < 4.78 is 0. The molecule has 5 heteroatoms. The smallest absolute Gasteiger partial charge is 0.311 e. The molecule has 0 aliphatic heterocycles. The van der Waals surface area contributed by atoms with Crippen LogP contribution in [0, 0.1) is 27.9 Å². The van der Waals surface area contributed by atoms with Crippen LogP contribution in [0.3, 0.4) is 0 Å². The van der Waals surface area contributed by atoms with Crippen molar-refractivity contribution in [3.05, 3.63) is 27.9 Å². The lowest BCUT2D eigenvalue weighted by Crippen LogP contribution is -2.13. The van der Waals surface area contributed by atoms with Crippen LogP contribution in [-0.2, 0) is 0 Å². The van der Waals surface area contributed by atoms with Crippen molar-refractivity contribution in [1.82, 2.24) is 4.98 Å². The highest BCUT2D eigenvalue weighted by Gasteiger charge is 2.65. The molecule has 0 amide bonds. The lowest BCUT2D eigenvalue weighted by Gasteiger charge is -2.08. The first kappa shape index (κ1) is 12.8. The molecular weight excluding hydrogens is 230 g/mol. The van der Waals surface area contributed by atoms with Gasteiger partial charge in [-0.2, -0.15) is 0 Å². The summed E-state index contributed by atoms with van der Waals surface area (Å²) in [5.41, 5.74) is 1.08. The largest absolute Gasteiger partial charge is 0.360 e. The Balaban J connectivity index is 2.29. The van der Waals surface area contributed by atoms with E-state index >= 15 is 0 Å². The van der Waals surface area contributed by atoms with Crippen LogP contribution >= 0.6 is 0 Å². The first-order valence-corrected chi connectivity index (χ1v) is 6.05. The highest BCUT2D eigenvalue weighted by molar-refractivity contribution is 5.58. The van der Waals surface area contributed by atoms with Crippen LogP contribution in [0.4, 0.5) is 11.5 Å². The van der Waals surface area contributed by atoms with E-state index in [1.165, 1.54) is 0 Å². The van der Waals surface area contributed by atoms with Gasteiger partial charge in [-0.15, -0.1) is 0 Å². The lowest BCUT2D eigenvalue weighted by molar-refractivity contribution is -0.384. The Bertz CT molecular complexity index is 495. The van der Waals surface area contributed by atoms with Gasteiger partial charge in [-0.05, 0) is 23.3 Å². The molecule has 1 aliphatic carbocycles. The van der Waals surface area contributed by atoms with Gasteiger partial charge >= 0.3 is 5.69 Å². The van der Waals surface area contributed by atoms with E-state index in [0.717, 1.165) is 5.56 Å². The van der Waals surface area contributed by atoms with Crippen molar-refractivity contribution in [1.29, 1.82) is 0 Å². The number of pyridine rings is 1. The maximum absolute atomic E-state index is 11.0. The average molecular weight is 249 g/mol. The van der Waals surface area contributed by atoms with Gasteiger partial charge in [0.15, 0.2) is 0 Å². The molecule has 1 fully saturated rings. The van der Waals surface area contributed by atoms with Gasteiger partial charge in [0.05, 0.1) is 4.92 Å². The minimum Gasteiger partial charge on any atom is -0.360 e. The van der Waals surface area contributed by atoms with E-state index in [2.05, 4.69) is 38.0 Å². The number of nitrogens with one attached hydrogen (secondary N) is 1. The Morgan fingerprint density at radius 2 is 1.89 bits per heavy atom. The zero-order valence-electron chi connectivity index (χ0n) is 11.4. The van der Waals surface area contributed by atoms with Crippen LogP contribution < -0.4 is 5.32 Å². The Morgan fingerprint density at radius 1 is 1.33 bits per heavy atom. The summed E-state index contributed by atoms with van der Waals surface area (Å²) in [5.74, 6) is 0.370. The SMILES string of the molecule is Cc1cnc(NC2C(C)(C)C2(C)C)c([N+](=O)[O-])c1. The molecule has 0 atom stereocenters. The number of aryl methyl sites for hydroxylation is 1. The van der Waals surface area contributed by atoms with E-state index in [1.807, 2.05) is 0 Å². The normalized spacial score (nSPS) is 20.5. The number of rotatable bonds is 3. The predicted molar refractivity (Wildman–Crippen MR) is 70.6 cm³/mol. The van der Waals surface area contributed by atoms with Crippen molar-refractivity contribution >= 4 is 11.5 Å². The van der Waals surface area contributed by atoms with Crippen molar-refractivity contribution in [2.45, 2.75) is 40.7 Å². The fourth-order valence-electron chi connectivity index (χ4n) is 2.50. The standard InChI is InChI=1S/C13H19N3O2/c1-8-6-9(16(17)18)10(14-7-8)15-11-12(2,3)13(11,4)5/h6-7,11H,1-5H3,(H,14,15). The van der Waals surface area contributed by atoms with Crippen LogP contribution in [0.15, 0.2) is 12.3 Å². The number of anilines is 1. The van der Waals surface area contributed by atoms with Crippen molar-refractivity contribution in [3.63, 3.8) is 0 Å². The van der Waals surface area contributed by atoms with E-state index in [1.54, 1.807) is 19.2 Å². The van der Waals surface area contributed by atoms with Crippen LogP contribution in [0.5, 0.6) is 0 Å². The Kier molecular flexibility index (Phi) is 2.61. The highest BCUT2D eigenvalue weighted by Crippen LogP contribution is 2.63. The molecule has 1 aromatic heterocycles. The average Bonchev–Trinajstić information content (AvgIpc) is 2.62. The minimum absolute atomic E-state index is 0.0495. The molecule has 98 valence electrons. The first-order valence-electron chi connectivity index (χ1n) is 6.05. The monoisotopic (exact) mass is 249 g/mol. The summed E-state index contributed by atoms with van der Waals surface area (Å²) in [6, 6.07) is 1.76. The second-order valence-corrected chi connectivity index (χ2v) is 6.16. The van der Waals surface area contributed by atoms with Crippen LogP contribution in [0.2, 0.25) is 0 Å². The van der Waals surface area contributed by atoms with Gasteiger partial charge < -0.3 is 5.32 Å². The van der Waals surface area contributed by atoms with Crippen LogP contribution in [-0.4, -0.2) is 15.9 Å². The summed E-state index contributed by atoms with van der Waals surface area (Å²) in [6.45, 7) is 10.4. The number of hydrogen-bond acceptors (Lipinski definition) is 4. The highest BCUT2D eigenvalue weighted by atomic mass is 16.6. The summed E-state index contributed by atoms with van der Waals surface area (Å²) in [4.78, 5) is 14.8. The van der Waals surface area contributed by atoms with E-state index < -0.39 is 0 Å². The van der Waals surface area contributed by atoms with E-state index in [4.69, 9.17) is 0 Å². The van der Waals surface area contributed by atoms with Gasteiger partial charge in [0.2, 0.25) is 5.82 Å². The Hall–Kier alpha value is -1.65. The third-order valence-corrected chi connectivity index (χ3v) is 4.50. The molecule has 5 nitrogen and oxygen atoms in total. The van der Waals surface area contributed by atoms with E-state index in [-0.39, 0.29) is 27.5 Å². The van der Waals surface area contributed by atoms with E-state index in [9.17, 15) is 10.1 Å². The lowest BCUT2D eigenvalue weighted by atomic mass is 10.0. The van der Waals surface area contributed by atoms with Crippen molar-refractivity contribution in [3.8, 4) is 0 Å². The predicted octanol–water partition coefficient (Wildman–Crippen LogP) is 3.14. The molecule has 0 unspecified atom stereocenters. The number of nitrogens with zero attached hydrogens (tertiary/aromatic N) is 2. The van der Waals surface area contributed by atoms with Crippen molar-refractivity contribution < 1.29 is 4.92 Å². The molecule has 2 rings (SSSR count). The Morgan fingerprint density at radius 3 is 2.33 bits per heavy atom. The van der Waals surface area contributed by atoms with Crippen molar-refractivity contribution in [2.24, 2.45) is 10.8 Å². The van der Waals surface area contributed by atoms with Crippen LogP contribution in [0.25, 0.3) is 0 Å². The van der Waals surface area contributed by atoms with E-state index in [0.29, 0.717) is 5.82 Å². The molecule has 0 spiro atoms. The van der Waals surface area contributed by atoms with Gasteiger partial charge in [0.25, 0.3) is 0 Å². The topological polar surface area (TPSA) is 68.1 Å². The second kappa shape index (κ2) is 3.67. The van der Waals surface area contributed by atoms with Gasteiger partial charge in [-0.25, -0.2) is 4.98 Å². The van der Waals surface area contributed by atoms with Gasteiger partial charge in [0.1, 0.15) is 0 Å². The molecule has 1 aliphatic rings. The fourth-order valence-corrected chi connectivity index (χ4v) is 2.50. The Labute approximate surface area is 107 Å². The van der Waals surface area contributed by atoms with Gasteiger partial charge in [-0.1, -0.05) is 27.7 Å². The maximum atomic E-state index is 11.0. The molecule has 1 N–H and O–H groups in total. The van der Waals surface area contributed by atoms with Gasteiger partial charge in [-0.3, -0.25) is 10.1 Å². The molecule has 0 saturated heterocycles. The third-order valence-electron chi connectivity index (χ3n) is 4.50. The molecule has 0 bridgehead atoms. The first-order chi connectivity index (χ1) is 8.18. The number of nitro groups is 1. The third kappa shape index (κ3) is 1.74. The summed E-state index contributed by atoms with van der Waals surface area (Å²) in [5, 5.41) is 14.2. The number of hydrogen-bond donors (Lipinski definition) is 1. The summed E-state index contributed by atoms with van der Waals surface area (Å²) in [7, 11) is 0. The fraction of sp³-hybridized carbons (Fsp3) is 0.615. The molecule has 1 saturated carbocycles. The molecular formula is C13H19N3O2. The summed E-state index contributed by atoms with van der Waals surface area (Å²) in [6.07, 6.45) is 1.65. The molecule has 0 aromatic carbocycles. The molecule has 18 heavy (non-hydrogen) atoms. The minimum atomic E-state index is -0.384. The van der Waals surface area contributed by atoms with Crippen molar-refractivity contribution in [2.75, 3.05) is 5.32 Å². The zero-order valence-corrected chi connectivity index (χ0v) is 11.4.